The van der Waals surface area contributed by atoms with Crippen LogP contribution in [0.15, 0.2) is 67.1 Å². The van der Waals surface area contributed by atoms with Crippen molar-refractivity contribution >= 4 is 22.2 Å². The van der Waals surface area contributed by atoms with Crippen LogP contribution in [0.5, 0.6) is 5.75 Å². The zero-order valence-corrected chi connectivity index (χ0v) is 16.8. The molecule has 1 atom stereocenters. The molecule has 148 valence electrons. The Morgan fingerprint density at radius 2 is 1.90 bits per heavy atom. The van der Waals surface area contributed by atoms with E-state index in [1.54, 1.807) is 7.11 Å². The lowest BCUT2D eigenvalue weighted by molar-refractivity contribution is 0.415. The monoisotopic (exact) mass is 395 g/mol. The van der Waals surface area contributed by atoms with Gasteiger partial charge < -0.3 is 14.6 Å². The lowest BCUT2D eigenvalue weighted by atomic mass is 10.0. The molecule has 0 amide bonds. The molecule has 0 saturated carbocycles. The van der Waals surface area contributed by atoms with Crippen LogP contribution in [-0.4, -0.2) is 26.0 Å². The first-order valence-corrected chi connectivity index (χ1v) is 10.0. The van der Waals surface area contributed by atoms with Crippen LogP contribution in [0.4, 0.5) is 5.82 Å². The van der Waals surface area contributed by atoms with Gasteiger partial charge in [-0.3, -0.25) is 4.40 Å². The van der Waals surface area contributed by atoms with Crippen molar-refractivity contribution in [2.75, 3.05) is 12.4 Å². The van der Waals surface area contributed by atoms with Gasteiger partial charge in [0.15, 0.2) is 0 Å². The first-order valence-electron chi connectivity index (χ1n) is 10.0. The van der Waals surface area contributed by atoms with Gasteiger partial charge in [-0.1, -0.05) is 30.3 Å². The van der Waals surface area contributed by atoms with Crippen LogP contribution in [0.25, 0.3) is 27.8 Å². The number of aryl methyl sites for hydroxylation is 1. The van der Waals surface area contributed by atoms with Crippen molar-refractivity contribution in [2.45, 2.75) is 12.5 Å². The van der Waals surface area contributed by atoms with E-state index in [2.05, 4.69) is 56.8 Å². The quantitative estimate of drug-likeness (QED) is 0.485. The van der Waals surface area contributed by atoms with Gasteiger partial charge in [0, 0.05) is 41.7 Å². The number of ether oxygens (including phenoxy) is 1. The van der Waals surface area contributed by atoms with E-state index < -0.39 is 0 Å². The van der Waals surface area contributed by atoms with Crippen LogP contribution >= 0.6 is 0 Å². The molecule has 0 radical (unpaired) electrons. The summed E-state index contributed by atoms with van der Waals surface area (Å²) in [5.41, 5.74) is 5.71. The topological polar surface area (TPSA) is 56.4 Å². The number of hydrogen-bond acceptors (Lipinski definition) is 4. The van der Waals surface area contributed by atoms with E-state index >= 15 is 0 Å². The normalized spacial score (nSPS) is 15.5. The van der Waals surface area contributed by atoms with Gasteiger partial charge in [0.2, 0.25) is 0 Å². The van der Waals surface area contributed by atoms with Crippen molar-refractivity contribution in [1.82, 2.24) is 18.9 Å². The molecule has 4 heterocycles. The third-order valence-corrected chi connectivity index (χ3v) is 6.00. The summed E-state index contributed by atoms with van der Waals surface area (Å²) in [6, 6.07) is 16.7. The maximum atomic E-state index is 5.47. The van der Waals surface area contributed by atoms with Gasteiger partial charge in [-0.2, -0.15) is 0 Å². The van der Waals surface area contributed by atoms with Crippen molar-refractivity contribution in [2.24, 2.45) is 7.05 Å². The zero-order valence-electron chi connectivity index (χ0n) is 16.8. The van der Waals surface area contributed by atoms with Crippen molar-refractivity contribution in [3.8, 4) is 17.1 Å². The maximum Gasteiger partial charge on any atom is 0.146 e. The number of benzene rings is 2. The Labute approximate surface area is 173 Å². The molecular formula is C24H21N5O. The molecule has 1 aliphatic rings. The molecule has 1 N–H and O–H groups in total. The largest absolute Gasteiger partial charge is 0.497 e. The second kappa shape index (κ2) is 6.35. The third-order valence-electron chi connectivity index (χ3n) is 6.00. The van der Waals surface area contributed by atoms with E-state index in [9.17, 15) is 0 Å². The van der Waals surface area contributed by atoms with Gasteiger partial charge in [0.1, 0.15) is 17.4 Å². The molecule has 0 spiro atoms. The molecule has 0 fully saturated rings. The number of imidazole rings is 1. The molecule has 1 aliphatic heterocycles. The van der Waals surface area contributed by atoms with Gasteiger partial charge in [0.05, 0.1) is 36.8 Å². The Kier molecular flexibility index (Phi) is 3.62. The minimum atomic E-state index is 0.139. The summed E-state index contributed by atoms with van der Waals surface area (Å²) in [5, 5.41) is 4.84. The zero-order chi connectivity index (χ0) is 20.2. The number of fused-ring (bicyclic) bond motifs is 4. The molecule has 5 aromatic rings. The van der Waals surface area contributed by atoms with Crippen LogP contribution in [0, 0.1) is 0 Å². The van der Waals surface area contributed by atoms with Crippen LogP contribution < -0.4 is 10.1 Å². The van der Waals surface area contributed by atoms with Crippen molar-refractivity contribution in [3.05, 3.63) is 78.4 Å². The molecule has 30 heavy (non-hydrogen) atoms. The molecule has 1 unspecified atom stereocenters. The molecular weight excluding hydrogens is 374 g/mol. The van der Waals surface area contributed by atoms with Crippen LogP contribution in [-0.2, 0) is 13.5 Å². The van der Waals surface area contributed by atoms with Gasteiger partial charge in [-0.25, -0.2) is 9.97 Å². The molecule has 0 saturated heterocycles. The molecule has 0 aliphatic carbocycles. The fourth-order valence-electron chi connectivity index (χ4n) is 4.55. The van der Waals surface area contributed by atoms with Crippen LogP contribution in [0.1, 0.15) is 17.3 Å². The number of anilines is 1. The first kappa shape index (κ1) is 17.1. The summed E-state index contributed by atoms with van der Waals surface area (Å²) in [4.78, 5) is 9.38. The summed E-state index contributed by atoms with van der Waals surface area (Å²) in [6.07, 6.45) is 6.83. The average Bonchev–Trinajstić information content (AvgIpc) is 3.48. The maximum absolute atomic E-state index is 5.47. The van der Waals surface area contributed by atoms with Crippen molar-refractivity contribution in [3.63, 3.8) is 0 Å². The van der Waals surface area contributed by atoms with Gasteiger partial charge in [-0.15, -0.1) is 0 Å². The van der Waals surface area contributed by atoms with E-state index in [0.717, 1.165) is 40.6 Å². The molecule has 0 bridgehead atoms. The fourth-order valence-corrected chi connectivity index (χ4v) is 4.55. The Morgan fingerprint density at radius 1 is 1.07 bits per heavy atom. The smallest absolute Gasteiger partial charge is 0.146 e. The van der Waals surface area contributed by atoms with E-state index in [1.165, 1.54) is 16.5 Å². The summed E-state index contributed by atoms with van der Waals surface area (Å²) >= 11 is 0. The SMILES string of the molecule is COc1ccc2c(c1)c(C1Cc3c(ncc4cnc(-c5ccccc5)n34)N1)cn2C. The van der Waals surface area contributed by atoms with E-state index in [1.807, 2.05) is 36.7 Å². The third kappa shape index (κ3) is 2.43. The van der Waals surface area contributed by atoms with E-state index in [-0.39, 0.29) is 6.04 Å². The second-order valence-electron chi connectivity index (χ2n) is 7.74. The predicted molar refractivity (Wildman–Crippen MR) is 118 cm³/mol. The summed E-state index contributed by atoms with van der Waals surface area (Å²) < 4.78 is 9.87. The molecule has 6 nitrogen and oxygen atoms in total. The highest BCUT2D eigenvalue weighted by atomic mass is 16.5. The number of nitrogens with zero attached hydrogens (tertiary/aromatic N) is 4. The minimum absolute atomic E-state index is 0.139. The highest BCUT2D eigenvalue weighted by Crippen LogP contribution is 2.39. The highest BCUT2D eigenvalue weighted by Gasteiger charge is 2.29. The number of nitrogens with one attached hydrogen (secondary N) is 1. The lowest BCUT2D eigenvalue weighted by Gasteiger charge is -2.10. The van der Waals surface area contributed by atoms with Crippen molar-refractivity contribution < 1.29 is 4.74 Å². The summed E-state index contributed by atoms with van der Waals surface area (Å²) in [7, 11) is 3.79. The second-order valence-corrected chi connectivity index (χ2v) is 7.74. The molecule has 2 aromatic carbocycles. The fraction of sp³-hybridized carbons (Fsp3) is 0.167. The Balaban J connectivity index is 1.48. The van der Waals surface area contributed by atoms with E-state index in [0.29, 0.717) is 0 Å². The Hall–Kier alpha value is -3.80. The minimum Gasteiger partial charge on any atom is -0.497 e. The highest BCUT2D eigenvalue weighted by molar-refractivity contribution is 5.86. The van der Waals surface area contributed by atoms with E-state index in [4.69, 9.17) is 9.72 Å². The molecule has 6 heteroatoms. The average molecular weight is 395 g/mol. The number of rotatable bonds is 3. The number of hydrogen-bond donors (Lipinski definition) is 1. The van der Waals surface area contributed by atoms with Gasteiger partial charge in [-0.05, 0) is 18.2 Å². The van der Waals surface area contributed by atoms with Crippen LogP contribution in [0.2, 0.25) is 0 Å². The Morgan fingerprint density at radius 3 is 2.73 bits per heavy atom. The lowest BCUT2D eigenvalue weighted by Crippen LogP contribution is -2.05. The summed E-state index contributed by atoms with van der Waals surface area (Å²) in [6.45, 7) is 0. The standard InChI is InChI=1S/C24H21N5O/c1-28-14-19(18-10-17(30-2)8-9-21(18)28)20-11-22-23(27-20)25-12-16-13-26-24(29(16)22)15-6-4-3-5-7-15/h3-10,12-14,20,27H,11H2,1-2H3. The molecule has 3 aromatic heterocycles. The van der Waals surface area contributed by atoms with Crippen LogP contribution in [0.3, 0.4) is 0 Å². The van der Waals surface area contributed by atoms with Gasteiger partial charge in [0.25, 0.3) is 0 Å². The molecule has 6 rings (SSSR count). The number of methoxy groups -OCH3 is 1. The number of aromatic nitrogens is 4. The first-order chi connectivity index (χ1) is 14.7. The predicted octanol–water partition coefficient (Wildman–Crippen LogP) is 4.61. The summed E-state index contributed by atoms with van der Waals surface area (Å²) in [5.74, 6) is 2.74. The Bertz CT molecular complexity index is 1400. The van der Waals surface area contributed by atoms with Gasteiger partial charge >= 0.3 is 0 Å². The van der Waals surface area contributed by atoms with Crippen molar-refractivity contribution in [1.29, 1.82) is 0 Å².